The van der Waals surface area contributed by atoms with E-state index in [2.05, 4.69) is 511 Å². The Hall–Kier alpha value is -19.3. The second-order valence-electron chi connectivity index (χ2n) is 39.2. The molecule has 0 aliphatic carbocycles. The molecular weight excluding hydrogens is 1750 g/mol. The van der Waals surface area contributed by atoms with E-state index in [4.69, 9.17) is 15.0 Å². The zero-order valence-corrected chi connectivity index (χ0v) is 78.5. The minimum atomic E-state index is 0.985. The summed E-state index contributed by atoms with van der Waals surface area (Å²) in [6, 6.07) is 183. The Kier molecular flexibility index (Phi) is 17.6. The summed E-state index contributed by atoms with van der Waals surface area (Å²) in [7, 11) is 0. The Bertz CT molecular complexity index is 11400. The Balaban J connectivity index is 0.000000101. The number of pyridine rings is 3. The lowest BCUT2D eigenvalue weighted by molar-refractivity contribution is 1.32. The zero-order chi connectivity index (χ0) is 94.7. The van der Waals surface area contributed by atoms with Crippen molar-refractivity contribution in [3.8, 4) is 66.8 Å². The van der Waals surface area contributed by atoms with E-state index in [9.17, 15) is 0 Å². The van der Waals surface area contributed by atoms with Crippen LogP contribution in [-0.4, -0.2) is 28.2 Å². The van der Waals surface area contributed by atoms with E-state index in [1.54, 1.807) is 0 Å². The molecule has 0 radical (unpaired) electrons. The fourth-order valence-corrected chi connectivity index (χ4v) is 24.3. The van der Waals surface area contributed by atoms with Crippen molar-refractivity contribution in [2.24, 2.45) is 0 Å². The molecule has 0 unspecified atom stereocenters. The molecule has 0 spiro atoms. The number of imidazole rings is 3. The van der Waals surface area contributed by atoms with Gasteiger partial charge in [0.25, 0.3) is 0 Å². The van der Waals surface area contributed by atoms with Crippen molar-refractivity contribution in [3.63, 3.8) is 0 Å². The van der Waals surface area contributed by atoms with Crippen molar-refractivity contribution in [2.75, 3.05) is 0 Å². The van der Waals surface area contributed by atoms with Crippen molar-refractivity contribution in [1.82, 2.24) is 28.2 Å². The first-order valence-corrected chi connectivity index (χ1v) is 50.0. The van der Waals surface area contributed by atoms with Gasteiger partial charge in [0.05, 0.1) is 49.7 Å². The van der Waals surface area contributed by atoms with Crippen LogP contribution in [-0.2, 0) is 0 Å². The van der Waals surface area contributed by atoms with E-state index in [0.717, 1.165) is 55.4 Å². The van der Waals surface area contributed by atoms with E-state index >= 15 is 0 Å². The van der Waals surface area contributed by atoms with Gasteiger partial charge < -0.3 is 0 Å². The first-order chi connectivity index (χ1) is 71.8. The molecule has 0 saturated heterocycles. The SMILES string of the molecule is c1ccc2cc(-c3c4ccccc4c(-c4ccc5ccccc5c4)c4cc(-c5ccc6c(c5)c5cc7ccccc7cc5n5c7ccccc7nc65)ccc34)ccc2c1.c1ccc2cc(-c3ccc4cc(-c5ccc6c(c5)c5cc7ccccc7cc5n5c7ccccc7nc65)ccc4c3)ccc2c1.c1ccc2cc3c(cc2c1)c1cc(-c2ccc4ccc5cccc6ccc2c4c56)ccc1c1nc2ccccc2n31. The molecule has 0 amide bonds. The lowest BCUT2D eigenvalue weighted by Gasteiger charge is -2.19. The molecule has 33 rings (SSSR count). The molecule has 6 nitrogen and oxygen atoms in total. The smallest absolute Gasteiger partial charge is 0.146 e. The number of para-hydroxylation sites is 6. The van der Waals surface area contributed by atoms with Crippen LogP contribution in [0.25, 0.3) is 311 Å². The Morgan fingerprint density at radius 2 is 0.372 bits per heavy atom. The summed E-state index contributed by atoms with van der Waals surface area (Å²) in [6.07, 6.45) is 0. The van der Waals surface area contributed by atoms with Crippen LogP contribution in [0.2, 0.25) is 0 Å². The average molecular weight is 1840 g/mol. The molecule has 6 heterocycles. The van der Waals surface area contributed by atoms with E-state index < -0.39 is 0 Å². The standard InChI is InChI=1S/C57H34N2.C43H26N2.C39H22N2/c1-3-13-37-29-43(23-21-35(37)11-1)55-45-17-7-8-18-46(45)56(44-24-22-36-12-2-4-14-38(36)30-44)51-33-42(25-27-47(51)55)41-26-28-48-49(31-41)50-32-39-15-5-6-16-40(39)34-54(50)59-53-20-10-9-19-52(53)58-57(48)59;1-2-8-28-21-31(14-13-27(28)7-1)32-15-16-34-23-35(18-17-33(34)22-32)36-19-20-37-38(24-36)39-25-29-9-3-4-10-30(29)26-42(39)45-41-12-6-5-11-40(41)44-43(37)45;1-2-7-27-22-36-33(20-26(27)6-1)32-21-28(16-19-31(32)39-40-34-10-3-4-11-35(34)41(36)39)29-17-14-25-13-12-23-8-5-9-24-15-18-30(29)38(25)37(23)24/h1-34H;1-26H;1-22H. The van der Waals surface area contributed by atoms with Crippen molar-refractivity contribution in [1.29, 1.82) is 0 Å². The highest BCUT2D eigenvalue weighted by molar-refractivity contribution is 6.29. The molecule has 0 N–H and O–H groups in total. The molecule has 145 heavy (non-hydrogen) atoms. The maximum atomic E-state index is 5.23. The van der Waals surface area contributed by atoms with E-state index in [-0.39, 0.29) is 0 Å². The van der Waals surface area contributed by atoms with Crippen molar-refractivity contribution < 1.29 is 0 Å². The fourth-order valence-electron chi connectivity index (χ4n) is 24.3. The second kappa shape index (κ2) is 31.6. The lowest BCUT2D eigenvalue weighted by Crippen LogP contribution is -1.93. The largest absolute Gasteiger partial charge is 0.292 e. The third-order valence-electron chi connectivity index (χ3n) is 31.2. The van der Waals surface area contributed by atoms with Gasteiger partial charge in [0.15, 0.2) is 0 Å². The minimum absolute atomic E-state index is 0.985. The summed E-state index contributed by atoms with van der Waals surface area (Å²) in [5, 5.41) is 41.1. The lowest BCUT2D eigenvalue weighted by atomic mass is 9.84. The van der Waals surface area contributed by atoms with Gasteiger partial charge in [-0.05, 0) is 358 Å². The third-order valence-corrected chi connectivity index (χ3v) is 31.2. The highest BCUT2D eigenvalue weighted by atomic mass is 15.0. The predicted octanol–water partition coefficient (Wildman–Crippen LogP) is 37.7. The Morgan fingerprint density at radius 3 is 0.786 bits per heavy atom. The maximum Gasteiger partial charge on any atom is 0.146 e. The molecule has 33 aromatic rings. The summed E-state index contributed by atoms with van der Waals surface area (Å²) in [4.78, 5) is 15.5. The van der Waals surface area contributed by atoms with Gasteiger partial charge in [0.1, 0.15) is 16.9 Å². The van der Waals surface area contributed by atoms with E-state index in [1.807, 2.05) is 0 Å². The van der Waals surface area contributed by atoms with Crippen molar-refractivity contribution in [3.05, 3.63) is 497 Å². The summed E-state index contributed by atoms with van der Waals surface area (Å²) in [5.41, 5.74) is 27.7. The van der Waals surface area contributed by atoms with Gasteiger partial charge in [-0.1, -0.05) is 352 Å². The van der Waals surface area contributed by atoms with E-state index in [0.29, 0.717) is 0 Å². The van der Waals surface area contributed by atoms with Crippen LogP contribution in [0.15, 0.2) is 497 Å². The first kappa shape index (κ1) is 80.7. The molecule has 0 saturated carbocycles. The monoisotopic (exact) mass is 1830 g/mol. The highest BCUT2D eigenvalue weighted by Gasteiger charge is 2.25. The molecule has 6 aromatic heterocycles. The number of benzene rings is 27. The number of rotatable bonds is 6. The second-order valence-corrected chi connectivity index (χ2v) is 39.2. The predicted molar refractivity (Wildman–Crippen MR) is 617 cm³/mol. The number of nitrogens with zero attached hydrogens (tertiary/aromatic N) is 6. The fraction of sp³-hybridized carbons (Fsp3) is 0. The van der Waals surface area contributed by atoms with Crippen LogP contribution in [0, 0.1) is 0 Å². The average Bonchev–Trinajstić information content (AvgIpc) is 1.61. The number of hydrogen-bond donors (Lipinski definition) is 0. The van der Waals surface area contributed by atoms with Crippen molar-refractivity contribution in [2.45, 2.75) is 0 Å². The first-order valence-electron chi connectivity index (χ1n) is 50.0. The van der Waals surface area contributed by atoms with Crippen LogP contribution < -0.4 is 0 Å². The number of hydrogen-bond acceptors (Lipinski definition) is 3. The van der Waals surface area contributed by atoms with Crippen LogP contribution in [0.1, 0.15) is 0 Å². The summed E-state index contributed by atoms with van der Waals surface area (Å²) in [6.45, 7) is 0. The molecule has 27 aromatic carbocycles. The van der Waals surface area contributed by atoms with Crippen molar-refractivity contribution >= 4 is 244 Å². The van der Waals surface area contributed by atoms with Gasteiger partial charge in [0.2, 0.25) is 0 Å². The van der Waals surface area contributed by atoms with Gasteiger partial charge in [-0.2, -0.15) is 0 Å². The quantitative estimate of drug-likeness (QED) is 0.123. The molecule has 0 aliphatic heterocycles. The van der Waals surface area contributed by atoms with Gasteiger partial charge in [-0.15, -0.1) is 0 Å². The van der Waals surface area contributed by atoms with E-state index in [1.165, 1.54) is 256 Å². The van der Waals surface area contributed by atoms with Crippen LogP contribution in [0.4, 0.5) is 0 Å². The molecule has 6 heteroatoms. The summed E-state index contributed by atoms with van der Waals surface area (Å²) < 4.78 is 7.03. The highest BCUT2D eigenvalue weighted by Crippen LogP contribution is 2.50. The molecule has 0 bridgehead atoms. The molecule has 0 fully saturated rings. The Morgan fingerprint density at radius 1 is 0.124 bits per heavy atom. The van der Waals surface area contributed by atoms with Crippen LogP contribution >= 0.6 is 0 Å². The molecule has 668 valence electrons. The minimum Gasteiger partial charge on any atom is -0.292 e. The van der Waals surface area contributed by atoms with Crippen LogP contribution in [0.5, 0.6) is 0 Å². The number of fused-ring (bicyclic) bond motifs is 33. The van der Waals surface area contributed by atoms with Gasteiger partial charge in [-0.3, -0.25) is 13.2 Å². The molecule has 0 aliphatic rings. The third kappa shape index (κ3) is 12.7. The van der Waals surface area contributed by atoms with Gasteiger partial charge in [0, 0.05) is 32.3 Å². The van der Waals surface area contributed by atoms with Gasteiger partial charge in [-0.25, -0.2) is 15.0 Å². The zero-order valence-electron chi connectivity index (χ0n) is 78.5. The maximum absolute atomic E-state index is 5.23. The molecular formula is C139H82N6. The molecule has 0 atom stereocenters. The van der Waals surface area contributed by atoms with Gasteiger partial charge >= 0.3 is 0 Å². The normalized spacial score (nSPS) is 12.1. The van der Waals surface area contributed by atoms with Crippen LogP contribution in [0.3, 0.4) is 0 Å². The summed E-state index contributed by atoms with van der Waals surface area (Å²) in [5.74, 6) is 0. The number of aromatic nitrogens is 6. The topological polar surface area (TPSA) is 51.9 Å². The Labute approximate surface area is 830 Å². The summed E-state index contributed by atoms with van der Waals surface area (Å²) >= 11 is 0.